The first-order valence-corrected chi connectivity index (χ1v) is 7.11. The van der Waals surface area contributed by atoms with Crippen LogP contribution in [0, 0.1) is 5.92 Å². The molecule has 0 saturated heterocycles. The molecule has 6 heteroatoms. The van der Waals surface area contributed by atoms with Crippen molar-refractivity contribution in [3.8, 4) is 0 Å². The van der Waals surface area contributed by atoms with Gasteiger partial charge in [0.05, 0.1) is 0 Å². The largest absolute Gasteiger partial charge is 0.480 e. The molecule has 0 aliphatic rings. The van der Waals surface area contributed by atoms with E-state index in [1.54, 1.807) is 11.8 Å². The first kappa shape index (κ1) is 16.2. The predicted molar refractivity (Wildman–Crippen MR) is 70.0 cm³/mol. The van der Waals surface area contributed by atoms with Gasteiger partial charge in [0.15, 0.2) is 0 Å². The van der Waals surface area contributed by atoms with E-state index in [-0.39, 0.29) is 11.8 Å². The molecule has 0 rings (SSSR count). The number of rotatable bonds is 9. The van der Waals surface area contributed by atoms with E-state index in [0.29, 0.717) is 25.8 Å². The SMILES string of the molecule is CSCC[C@H](NC(=O)CCC(C)CN)C(=O)O. The molecule has 100 valence electrons. The van der Waals surface area contributed by atoms with Crippen LogP contribution < -0.4 is 11.1 Å². The Bertz CT molecular complexity index is 249. The van der Waals surface area contributed by atoms with Gasteiger partial charge in [0, 0.05) is 6.42 Å². The second-order valence-electron chi connectivity index (χ2n) is 4.12. The number of nitrogens with two attached hydrogens (primary N) is 1. The van der Waals surface area contributed by atoms with Crippen molar-refractivity contribution >= 4 is 23.6 Å². The summed E-state index contributed by atoms with van der Waals surface area (Å²) in [6, 6.07) is -0.775. The van der Waals surface area contributed by atoms with Crippen molar-refractivity contribution in [3.05, 3.63) is 0 Å². The lowest BCUT2D eigenvalue weighted by molar-refractivity contribution is -0.141. The molecule has 0 radical (unpaired) electrons. The summed E-state index contributed by atoms with van der Waals surface area (Å²) in [7, 11) is 0. The van der Waals surface area contributed by atoms with Gasteiger partial charge in [0.25, 0.3) is 0 Å². The quantitative estimate of drug-likeness (QED) is 0.568. The number of carbonyl (C=O) groups excluding carboxylic acids is 1. The fourth-order valence-electron chi connectivity index (χ4n) is 1.25. The molecule has 0 fully saturated rings. The van der Waals surface area contributed by atoms with Crippen LogP contribution in [0.4, 0.5) is 0 Å². The highest BCUT2D eigenvalue weighted by Gasteiger charge is 2.19. The molecule has 2 atom stereocenters. The van der Waals surface area contributed by atoms with E-state index in [0.717, 1.165) is 5.75 Å². The molecule has 0 bridgehead atoms. The summed E-state index contributed by atoms with van der Waals surface area (Å²) < 4.78 is 0. The van der Waals surface area contributed by atoms with Crippen LogP contribution in [0.3, 0.4) is 0 Å². The zero-order valence-electron chi connectivity index (χ0n) is 10.4. The van der Waals surface area contributed by atoms with Crippen LogP contribution in [-0.4, -0.2) is 41.6 Å². The molecule has 0 heterocycles. The van der Waals surface area contributed by atoms with E-state index < -0.39 is 12.0 Å². The standard InChI is InChI=1S/C11H22N2O3S/c1-8(7-12)3-4-10(14)13-9(11(15)16)5-6-17-2/h8-9H,3-7,12H2,1-2H3,(H,13,14)(H,15,16)/t8?,9-/m0/s1. The van der Waals surface area contributed by atoms with Gasteiger partial charge in [-0.15, -0.1) is 0 Å². The number of carboxylic acids is 1. The van der Waals surface area contributed by atoms with E-state index in [1.165, 1.54) is 0 Å². The fraction of sp³-hybridized carbons (Fsp3) is 0.818. The molecule has 0 aliphatic heterocycles. The van der Waals surface area contributed by atoms with Crippen LogP contribution in [0.5, 0.6) is 0 Å². The summed E-state index contributed by atoms with van der Waals surface area (Å²) in [5.74, 6) is -0.176. The van der Waals surface area contributed by atoms with Crippen LogP contribution in [0.2, 0.25) is 0 Å². The Hall–Kier alpha value is -0.750. The van der Waals surface area contributed by atoms with Crippen LogP contribution in [-0.2, 0) is 9.59 Å². The molecular formula is C11H22N2O3S. The Morgan fingerprint density at radius 1 is 1.41 bits per heavy atom. The molecule has 1 unspecified atom stereocenters. The van der Waals surface area contributed by atoms with Crippen molar-refractivity contribution in [2.75, 3.05) is 18.6 Å². The second kappa shape index (κ2) is 9.30. The van der Waals surface area contributed by atoms with Crippen LogP contribution >= 0.6 is 11.8 Å². The number of amides is 1. The van der Waals surface area contributed by atoms with E-state index >= 15 is 0 Å². The van der Waals surface area contributed by atoms with Gasteiger partial charge < -0.3 is 16.2 Å². The normalized spacial score (nSPS) is 14.1. The van der Waals surface area contributed by atoms with Crippen molar-refractivity contribution in [2.24, 2.45) is 11.7 Å². The van der Waals surface area contributed by atoms with Gasteiger partial charge in [-0.3, -0.25) is 4.79 Å². The summed E-state index contributed by atoms with van der Waals surface area (Å²) in [6.07, 6.45) is 3.39. The highest BCUT2D eigenvalue weighted by atomic mass is 32.2. The number of aliphatic carboxylic acids is 1. The van der Waals surface area contributed by atoms with Crippen molar-refractivity contribution in [2.45, 2.75) is 32.2 Å². The first-order chi connectivity index (χ1) is 8.01. The maximum absolute atomic E-state index is 11.5. The Balaban J connectivity index is 3.99. The minimum absolute atomic E-state index is 0.209. The zero-order valence-corrected chi connectivity index (χ0v) is 11.3. The fourth-order valence-corrected chi connectivity index (χ4v) is 1.73. The van der Waals surface area contributed by atoms with Gasteiger partial charge in [0.2, 0.25) is 5.91 Å². The minimum atomic E-state index is -0.973. The van der Waals surface area contributed by atoms with E-state index in [1.807, 2.05) is 13.2 Å². The molecule has 1 amide bonds. The second-order valence-corrected chi connectivity index (χ2v) is 5.10. The van der Waals surface area contributed by atoms with Crippen LogP contribution in [0.15, 0.2) is 0 Å². The predicted octanol–water partition coefficient (Wildman–Crippen LogP) is 0.684. The van der Waals surface area contributed by atoms with Crippen molar-refractivity contribution in [3.63, 3.8) is 0 Å². The average molecular weight is 262 g/mol. The number of hydrogen-bond acceptors (Lipinski definition) is 4. The number of thioether (sulfide) groups is 1. The lowest BCUT2D eigenvalue weighted by Gasteiger charge is -2.14. The third kappa shape index (κ3) is 8.04. The van der Waals surface area contributed by atoms with Gasteiger partial charge >= 0.3 is 5.97 Å². The molecule has 0 aromatic rings. The Kier molecular flexibility index (Phi) is 8.89. The summed E-state index contributed by atoms with van der Waals surface area (Å²) in [6.45, 7) is 2.51. The maximum Gasteiger partial charge on any atom is 0.326 e. The van der Waals surface area contributed by atoms with Gasteiger partial charge in [-0.1, -0.05) is 6.92 Å². The Labute approximate surface area is 107 Å². The third-order valence-electron chi connectivity index (χ3n) is 2.51. The van der Waals surface area contributed by atoms with Crippen molar-refractivity contribution in [1.82, 2.24) is 5.32 Å². The van der Waals surface area contributed by atoms with E-state index in [9.17, 15) is 9.59 Å². The summed E-state index contributed by atoms with van der Waals surface area (Å²) in [4.78, 5) is 22.4. The summed E-state index contributed by atoms with van der Waals surface area (Å²) in [5, 5.41) is 11.5. The highest BCUT2D eigenvalue weighted by molar-refractivity contribution is 7.98. The number of carboxylic acid groups (broad SMARTS) is 1. The minimum Gasteiger partial charge on any atom is -0.480 e. The van der Waals surface area contributed by atoms with E-state index in [2.05, 4.69) is 5.32 Å². The average Bonchev–Trinajstić information content (AvgIpc) is 2.30. The molecule has 0 saturated carbocycles. The molecule has 0 aliphatic carbocycles. The Morgan fingerprint density at radius 3 is 2.53 bits per heavy atom. The zero-order chi connectivity index (χ0) is 13.3. The van der Waals surface area contributed by atoms with Crippen molar-refractivity contribution in [1.29, 1.82) is 0 Å². The molecular weight excluding hydrogens is 240 g/mol. The van der Waals surface area contributed by atoms with Crippen molar-refractivity contribution < 1.29 is 14.7 Å². The smallest absolute Gasteiger partial charge is 0.326 e. The maximum atomic E-state index is 11.5. The lowest BCUT2D eigenvalue weighted by atomic mass is 10.1. The monoisotopic (exact) mass is 262 g/mol. The number of hydrogen-bond donors (Lipinski definition) is 3. The molecule has 0 aromatic carbocycles. The van der Waals surface area contributed by atoms with Gasteiger partial charge in [-0.2, -0.15) is 11.8 Å². The van der Waals surface area contributed by atoms with Gasteiger partial charge in [-0.05, 0) is 37.3 Å². The van der Waals surface area contributed by atoms with E-state index in [4.69, 9.17) is 10.8 Å². The first-order valence-electron chi connectivity index (χ1n) is 5.72. The molecule has 17 heavy (non-hydrogen) atoms. The molecule has 4 N–H and O–H groups in total. The topological polar surface area (TPSA) is 92.4 Å². The number of nitrogens with one attached hydrogen (secondary N) is 1. The third-order valence-corrected chi connectivity index (χ3v) is 3.15. The Morgan fingerprint density at radius 2 is 2.06 bits per heavy atom. The number of carbonyl (C=O) groups is 2. The molecule has 0 spiro atoms. The van der Waals surface area contributed by atoms with Gasteiger partial charge in [0.1, 0.15) is 6.04 Å². The lowest BCUT2D eigenvalue weighted by Crippen LogP contribution is -2.41. The van der Waals surface area contributed by atoms with Crippen LogP contribution in [0.25, 0.3) is 0 Å². The highest BCUT2D eigenvalue weighted by Crippen LogP contribution is 2.05. The summed E-state index contributed by atoms with van der Waals surface area (Å²) in [5.41, 5.74) is 5.44. The molecule has 0 aromatic heterocycles. The summed E-state index contributed by atoms with van der Waals surface area (Å²) >= 11 is 1.57. The van der Waals surface area contributed by atoms with Gasteiger partial charge in [-0.25, -0.2) is 4.79 Å². The van der Waals surface area contributed by atoms with Crippen LogP contribution in [0.1, 0.15) is 26.2 Å². The molecule has 5 nitrogen and oxygen atoms in total.